The third kappa shape index (κ3) is 3.25. The molecule has 0 saturated carbocycles. The first-order chi connectivity index (χ1) is 8.31. The lowest BCUT2D eigenvalue weighted by molar-refractivity contribution is 0.944. The van der Waals surface area contributed by atoms with Gasteiger partial charge in [0.25, 0.3) is 0 Å². The van der Waals surface area contributed by atoms with E-state index in [0.717, 1.165) is 16.3 Å². The zero-order valence-corrected chi connectivity index (χ0v) is 11.0. The van der Waals surface area contributed by atoms with Crippen molar-refractivity contribution in [1.82, 2.24) is 0 Å². The van der Waals surface area contributed by atoms with Crippen LogP contribution in [0.3, 0.4) is 0 Å². The molecule has 0 aliphatic heterocycles. The minimum atomic E-state index is 0.667. The van der Waals surface area contributed by atoms with Crippen LogP contribution in [-0.2, 0) is 6.42 Å². The molecule has 0 aliphatic carbocycles. The minimum absolute atomic E-state index is 0.667. The highest BCUT2D eigenvalue weighted by molar-refractivity contribution is 7.99. The molecule has 0 fully saturated rings. The Kier molecular flexibility index (Phi) is 4.49. The van der Waals surface area contributed by atoms with Gasteiger partial charge in [0.1, 0.15) is 0 Å². The van der Waals surface area contributed by atoms with E-state index in [0.29, 0.717) is 6.54 Å². The third-order valence-electron chi connectivity index (χ3n) is 2.44. The molecule has 0 unspecified atom stereocenters. The summed E-state index contributed by atoms with van der Waals surface area (Å²) in [4.78, 5) is 2.31. The van der Waals surface area contributed by atoms with Gasteiger partial charge in [0.2, 0.25) is 0 Å². The largest absolute Gasteiger partial charge is 0.330 e. The van der Waals surface area contributed by atoms with Gasteiger partial charge in [-0.05, 0) is 36.7 Å². The maximum atomic E-state index is 6.16. The average Bonchev–Trinajstić information content (AvgIpc) is 2.35. The molecule has 0 amide bonds. The van der Waals surface area contributed by atoms with Crippen molar-refractivity contribution >= 4 is 23.4 Å². The van der Waals surface area contributed by atoms with Crippen molar-refractivity contribution in [2.24, 2.45) is 5.73 Å². The second kappa shape index (κ2) is 6.10. The topological polar surface area (TPSA) is 26.0 Å². The van der Waals surface area contributed by atoms with E-state index in [2.05, 4.69) is 12.1 Å². The Balaban J connectivity index is 2.27. The Morgan fingerprint density at radius 2 is 1.59 bits per heavy atom. The molecular formula is C14H14ClNS. The van der Waals surface area contributed by atoms with E-state index in [9.17, 15) is 0 Å². The van der Waals surface area contributed by atoms with Crippen LogP contribution in [0.5, 0.6) is 0 Å². The second-order valence-corrected chi connectivity index (χ2v) is 5.17. The highest BCUT2D eigenvalue weighted by Gasteiger charge is 2.05. The Bertz CT molecular complexity index is 499. The van der Waals surface area contributed by atoms with E-state index in [1.807, 2.05) is 36.4 Å². The highest BCUT2D eigenvalue weighted by atomic mass is 35.5. The van der Waals surface area contributed by atoms with Gasteiger partial charge in [-0.1, -0.05) is 53.7 Å². The van der Waals surface area contributed by atoms with E-state index in [1.165, 1.54) is 10.5 Å². The Morgan fingerprint density at radius 3 is 2.29 bits per heavy atom. The van der Waals surface area contributed by atoms with Gasteiger partial charge in [-0.15, -0.1) is 0 Å². The summed E-state index contributed by atoms with van der Waals surface area (Å²) in [5.41, 5.74) is 6.90. The van der Waals surface area contributed by atoms with E-state index < -0.39 is 0 Å². The monoisotopic (exact) mass is 263 g/mol. The van der Waals surface area contributed by atoms with Gasteiger partial charge in [0.15, 0.2) is 0 Å². The standard InChI is InChI=1S/C14H14ClNS/c15-12-6-2-4-8-14(12)17-13-7-3-1-5-11(13)9-10-16/h1-8H,9-10,16H2. The molecular weight excluding hydrogens is 250 g/mol. The zero-order chi connectivity index (χ0) is 12.1. The van der Waals surface area contributed by atoms with Crippen molar-refractivity contribution in [3.63, 3.8) is 0 Å². The molecule has 0 bridgehead atoms. The lowest BCUT2D eigenvalue weighted by Gasteiger charge is -2.09. The molecule has 1 nitrogen and oxygen atoms in total. The van der Waals surface area contributed by atoms with Gasteiger partial charge >= 0.3 is 0 Å². The molecule has 2 aromatic rings. The lowest BCUT2D eigenvalue weighted by atomic mass is 10.1. The van der Waals surface area contributed by atoms with Crippen molar-refractivity contribution in [2.75, 3.05) is 6.54 Å². The van der Waals surface area contributed by atoms with E-state index in [-0.39, 0.29) is 0 Å². The number of halogens is 1. The minimum Gasteiger partial charge on any atom is -0.330 e. The molecule has 0 saturated heterocycles. The molecule has 17 heavy (non-hydrogen) atoms. The van der Waals surface area contributed by atoms with Crippen LogP contribution in [0.15, 0.2) is 58.3 Å². The van der Waals surface area contributed by atoms with Crippen LogP contribution >= 0.6 is 23.4 Å². The molecule has 3 heteroatoms. The number of hydrogen-bond donors (Lipinski definition) is 1. The normalized spacial score (nSPS) is 10.5. The van der Waals surface area contributed by atoms with Crippen molar-refractivity contribution < 1.29 is 0 Å². The molecule has 0 atom stereocenters. The molecule has 0 aromatic heterocycles. The van der Waals surface area contributed by atoms with Crippen LogP contribution in [0.4, 0.5) is 0 Å². The van der Waals surface area contributed by atoms with E-state index in [4.69, 9.17) is 17.3 Å². The number of rotatable bonds is 4. The van der Waals surface area contributed by atoms with Crippen LogP contribution in [-0.4, -0.2) is 6.54 Å². The summed E-state index contributed by atoms with van der Waals surface area (Å²) in [7, 11) is 0. The molecule has 0 spiro atoms. The van der Waals surface area contributed by atoms with Gasteiger partial charge < -0.3 is 5.73 Å². The second-order valence-electron chi connectivity index (χ2n) is 3.68. The summed E-state index contributed by atoms with van der Waals surface area (Å²) in [5.74, 6) is 0. The molecule has 2 rings (SSSR count). The van der Waals surface area contributed by atoms with E-state index >= 15 is 0 Å². The Morgan fingerprint density at radius 1 is 0.941 bits per heavy atom. The number of benzene rings is 2. The maximum absolute atomic E-state index is 6.16. The molecule has 88 valence electrons. The summed E-state index contributed by atoms with van der Waals surface area (Å²) >= 11 is 7.85. The smallest absolute Gasteiger partial charge is 0.0545 e. The van der Waals surface area contributed by atoms with Gasteiger partial charge in [0.05, 0.1) is 5.02 Å². The summed E-state index contributed by atoms with van der Waals surface area (Å²) in [6.45, 7) is 0.667. The van der Waals surface area contributed by atoms with E-state index in [1.54, 1.807) is 11.8 Å². The molecule has 0 aliphatic rings. The van der Waals surface area contributed by atoms with Gasteiger partial charge in [-0.3, -0.25) is 0 Å². The van der Waals surface area contributed by atoms with Crippen LogP contribution in [0, 0.1) is 0 Å². The van der Waals surface area contributed by atoms with Crippen LogP contribution in [0.2, 0.25) is 5.02 Å². The van der Waals surface area contributed by atoms with Crippen molar-refractivity contribution in [3.05, 3.63) is 59.1 Å². The molecule has 0 radical (unpaired) electrons. The predicted octanol–water partition coefficient (Wildman–Crippen LogP) is 3.99. The SMILES string of the molecule is NCCc1ccccc1Sc1ccccc1Cl. The zero-order valence-electron chi connectivity index (χ0n) is 9.40. The highest BCUT2D eigenvalue weighted by Crippen LogP contribution is 2.34. The summed E-state index contributed by atoms with van der Waals surface area (Å²) in [5, 5.41) is 0.792. The summed E-state index contributed by atoms with van der Waals surface area (Å²) in [6.07, 6.45) is 0.896. The quantitative estimate of drug-likeness (QED) is 0.903. The Hall–Kier alpha value is -0.960. The summed E-state index contributed by atoms with van der Waals surface area (Å²) in [6, 6.07) is 16.2. The Labute approximate surface area is 111 Å². The van der Waals surface area contributed by atoms with Gasteiger partial charge in [-0.25, -0.2) is 0 Å². The first-order valence-corrected chi connectivity index (χ1v) is 6.71. The predicted molar refractivity (Wildman–Crippen MR) is 74.8 cm³/mol. The fourth-order valence-electron chi connectivity index (χ4n) is 1.61. The van der Waals surface area contributed by atoms with Gasteiger partial charge in [0, 0.05) is 9.79 Å². The van der Waals surface area contributed by atoms with Crippen molar-refractivity contribution in [2.45, 2.75) is 16.2 Å². The average molecular weight is 264 g/mol. The van der Waals surface area contributed by atoms with Crippen LogP contribution in [0.1, 0.15) is 5.56 Å². The fourth-order valence-corrected chi connectivity index (χ4v) is 2.86. The fraction of sp³-hybridized carbons (Fsp3) is 0.143. The number of hydrogen-bond acceptors (Lipinski definition) is 2. The summed E-state index contributed by atoms with van der Waals surface area (Å²) < 4.78 is 0. The lowest BCUT2D eigenvalue weighted by Crippen LogP contribution is -2.03. The number of nitrogens with two attached hydrogens (primary N) is 1. The van der Waals surface area contributed by atoms with Gasteiger partial charge in [-0.2, -0.15) is 0 Å². The van der Waals surface area contributed by atoms with Crippen molar-refractivity contribution in [3.8, 4) is 0 Å². The molecule has 2 N–H and O–H groups in total. The van der Waals surface area contributed by atoms with Crippen LogP contribution < -0.4 is 5.73 Å². The van der Waals surface area contributed by atoms with Crippen LogP contribution in [0.25, 0.3) is 0 Å². The van der Waals surface area contributed by atoms with Crippen molar-refractivity contribution in [1.29, 1.82) is 0 Å². The molecule has 0 heterocycles. The first kappa shape index (κ1) is 12.5. The first-order valence-electron chi connectivity index (χ1n) is 5.51. The molecule has 2 aromatic carbocycles. The third-order valence-corrected chi connectivity index (χ3v) is 4.08. The maximum Gasteiger partial charge on any atom is 0.0545 e.